The average Bonchev–Trinajstić information content (AvgIpc) is 2.81. The molecular weight excluding hydrogens is 244 g/mol. The van der Waals surface area contributed by atoms with Crippen LogP contribution in [0.15, 0.2) is 0 Å². The van der Waals surface area contributed by atoms with Crippen molar-refractivity contribution in [3.63, 3.8) is 0 Å². The Kier molecular flexibility index (Phi) is 6.12. The molecule has 1 saturated heterocycles. The van der Waals surface area contributed by atoms with Gasteiger partial charge in [0.2, 0.25) is 0 Å². The first-order valence-corrected chi connectivity index (χ1v) is 7.23. The van der Waals surface area contributed by atoms with Crippen LogP contribution in [-0.2, 0) is 4.79 Å². The molecule has 110 valence electrons. The van der Waals surface area contributed by atoms with Gasteiger partial charge in [-0.1, -0.05) is 13.3 Å². The van der Waals surface area contributed by atoms with Crippen LogP contribution in [0.4, 0.5) is 4.79 Å². The van der Waals surface area contributed by atoms with Gasteiger partial charge in [0.15, 0.2) is 0 Å². The number of carboxylic acid groups (broad SMARTS) is 1. The average molecular weight is 270 g/mol. The maximum Gasteiger partial charge on any atom is 0.320 e. The molecule has 1 heterocycles. The molecule has 1 unspecified atom stereocenters. The van der Waals surface area contributed by atoms with Crippen LogP contribution in [0.5, 0.6) is 0 Å². The number of carboxylic acids is 1. The summed E-state index contributed by atoms with van der Waals surface area (Å²) in [6, 6.07) is 0.179. The zero-order valence-corrected chi connectivity index (χ0v) is 12.3. The lowest BCUT2D eigenvalue weighted by Gasteiger charge is -2.31. The molecule has 0 aromatic heterocycles. The third kappa shape index (κ3) is 4.73. The number of carbonyl (C=O) groups excluding carboxylic acids is 1. The third-order valence-corrected chi connectivity index (χ3v) is 3.79. The molecule has 1 aliphatic rings. The van der Waals surface area contributed by atoms with Gasteiger partial charge in [0.1, 0.15) is 0 Å². The van der Waals surface area contributed by atoms with Crippen molar-refractivity contribution in [3.05, 3.63) is 0 Å². The van der Waals surface area contributed by atoms with E-state index in [1.165, 1.54) is 0 Å². The molecule has 0 spiro atoms. The normalized spacial score (nSPS) is 18.9. The fraction of sp³-hybridized carbons (Fsp3) is 0.857. The Labute approximate surface area is 115 Å². The highest BCUT2D eigenvalue weighted by molar-refractivity contribution is 5.75. The lowest BCUT2D eigenvalue weighted by Crippen LogP contribution is -2.46. The highest BCUT2D eigenvalue weighted by Crippen LogP contribution is 2.21. The van der Waals surface area contributed by atoms with Crippen LogP contribution >= 0.6 is 0 Å². The van der Waals surface area contributed by atoms with Gasteiger partial charge in [0.25, 0.3) is 0 Å². The van der Waals surface area contributed by atoms with E-state index in [-0.39, 0.29) is 18.5 Å². The summed E-state index contributed by atoms with van der Waals surface area (Å²) in [6.45, 7) is 8.32. The summed E-state index contributed by atoms with van der Waals surface area (Å²) in [5.74, 6) is -0.180. The van der Waals surface area contributed by atoms with E-state index in [0.29, 0.717) is 18.9 Å². The number of nitrogens with zero attached hydrogens (tertiary/aromatic N) is 2. The van der Waals surface area contributed by atoms with E-state index in [1.54, 1.807) is 4.90 Å². The second-order valence-corrected chi connectivity index (χ2v) is 5.58. The Morgan fingerprint density at radius 2 is 2.11 bits per heavy atom. The summed E-state index contributed by atoms with van der Waals surface area (Å²) >= 11 is 0. The second-order valence-electron chi connectivity index (χ2n) is 5.58. The number of rotatable bonds is 6. The van der Waals surface area contributed by atoms with Crippen molar-refractivity contribution in [2.75, 3.05) is 19.6 Å². The van der Waals surface area contributed by atoms with Crippen molar-refractivity contribution >= 4 is 12.0 Å². The summed E-state index contributed by atoms with van der Waals surface area (Å²) in [7, 11) is 0. The SMILES string of the molecule is CCC1CCN(C(=O)N(CCCC(=O)O)C(C)C)C1. The predicted molar refractivity (Wildman–Crippen MR) is 74.1 cm³/mol. The molecule has 0 radical (unpaired) electrons. The monoisotopic (exact) mass is 270 g/mol. The summed E-state index contributed by atoms with van der Waals surface area (Å²) in [5, 5.41) is 8.67. The first-order valence-electron chi connectivity index (χ1n) is 7.23. The van der Waals surface area contributed by atoms with E-state index in [1.807, 2.05) is 18.7 Å². The minimum Gasteiger partial charge on any atom is -0.481 e. The molecule has 0 aromatic carbocycles. The predicted octanol–water partition coefficient (Wildman–Crippen LogP) is 2.41. The van der Waals surface area contributed by atoms with Crippen molar-refractivity contribution in [3.8, 4) is 0 Å². The molecule has 1 aliphatic heterocycles. The van der Waals surface area contributed by atoms with Gasteiger partial charge < -0.3 is 14.9 Å². The molecule has 1 rings (SSSR count). The molecule has 0 aromatic rings. The van der Waals surface area contributed by atoms with E-state index < -0.39 is 5.97 Å². The van der Waals surface area contributed by atoms with E-state index in [0.717, 1.165) is 25.9 Å². The van der Waals surface area contributed by atoms with Crippen LogP contribution in [0.2, 0.25) is 0 Å². The molecule has 19 heavy (non-hydrogen) atoms. The van der Waals surface area contributed by atoms with Crippen molar-refractivity contribution in [2.24, 2.45) is 5.92 Å². The third-order valence-electron chi connectivity index (χ3n) is 3.79. The summed E-state index contributed by atoms with van der Waals surface area (Å²) in [5.41, 5.74) is 0. The van der Waals surface area contributed by atoms with E-state index in [4.69, 9.17) is 5.11 Å². The number of urea groups is 1. The van der Waals surface area contributed by atoms with Crippen molar-refractivity contribution < 1.29 is 14.7 Å². The smallest absolute Gasteiger partial charge is 0.320 e. The topological polar surface area (TPSA) is 60.9 Å². The second kappa shape index (κ2) is 7.36. The van der Waals surface area contributed by atoms with Gasteiger partial charge in [0, 0.05) is 32.1 Å². The van der Waals surface area contributed by atoms with Gasteiger partial charge in [-0.25, -0.2) is 4.79 Å². The van der Waals surface area contributed by atoms with Crippen molar-refractivity contribution in [1.29, 1.82) is 0 Å². The molecule has 1 fully saturated rings. The Bertz CT molecular complexity index is 318. The van der Waals surface area contributed by atoms with Crippen molar-refractivity contribution in [1.82, 2.24) is 9.80 Å². The molecule has 0 saturated carbocycles. The lowest BCUT2D eigenvalue weighted by molar-refractivity contribution is -0.137. The molecule has 5 heteroatoms. The number of hydrogen-bond acceptors (Lipinski definition) is 2. The largest absolute Gasteiger partial charge is 0.481 e. The Hall–Kier alpha value is -1.26. The number of carbonyl (C=O) groups is 2. The zero-order valence-electron chi connectivity index (χ0n) is 12.3. The quantitative estimate of drug-likeness (QED) is 0.806. The molecule has 0 aliphatic carbocycles. The van der Waals surface area contributed by atoms with Crippen LogP contribution in [0.25, 0.3) is 0 Å². The van der Waals surface area contributed by atoms with Crippen LogP contribution in [0.3, 0.4) is 0 Å². The number of likely N-dealkylation sites (tertiary alicyclic amines) is 1. The maximum absolute atomic E-state index is 12.4. The Balaban J connectivity index is 2.51. The number of aliphatic carboxylic acids is 1. The number of hydrogen-bond donors (Lipinski definition) is 1. The summed E-state index contributed by atoms with van der Waals surface area (Å²) in [6.07, 6.45) is 2.84. The minimum absolute atomic E-state index is 0.0661. The molecule has 1 N–H and O–H groups in total. The highest BCUT2D eigenvalue weighted by Gasteiger charge is 2.29. The lowest BCUT2D eigenvalue weighted by atomic mass is 10.1. The number of amides is 2. The van der Waals surface area contributed by atoms with Crippen LogP contribution < -0.4 is 0 Å². The van der Waals surface area contributed by atoms with Gasteiger partial charge in [0.05, 0.1) is 0 Å². The standard InChI is InChI=1S/C14H26N2O3/c1-4-12-7-9-15(10-12)14(19)16(11(2)3)8-5-6-13(17)18/h11-12H,4-10H2,1-3H3,(H,17,18). The first-order chi connectivity index (χ1) is 8.95. The molecule has 2 amide bonds. The van der Waals surface area contributed by atoms with Gasteiger partial charge >= 0.3 is 12.0 Å². The minimum atomic E-state index is -0.802. The Morgan fingerprint density at radius 3 is 2.58 bits per heavy atom. The molecule has 1 atom stereocenters. The van der Waals surface area contributed by atoms with Crippen molar-refractivity contribution in [2.45, 2.75) is 52.5 Å². The van der Waals surface area contributed by atoms with E-state index in [2.05, 4.69) is 6.92 Å². The van der Waals surface area contributed by atoms with E-state index >= 15 is 0 Å². The fourth-order valence-corrected chi connectivity index (χ4v) is 2.50. The van der Waals surface area contributed by atoms with Gasteiger partial charge in [-0.3, -0.25) is 4.79 Å². The van der Waals surface area contributed by atoms with E-state index in [9.17, 15) is 9.59 Å². The fourth-order valence-electron chi connectivity index (χ4n) is 2.50. The molecule has 0 bridgehead atoms. The van der Waals surface area contributed by atoms with Crippen LogP contribution in [-0.4, -0.2) is 52.6 Å². The van der Waals surface area contributed by atoms with Gasteiger partial charge in [-0.2, -0.15) is 0 Å². The maximum atomic E-state index is 12.4. The first kappa shape index (κ1) is 15.8. The molecular formula is C14H26N2O3. The Morgan fingerprint density at radius 1 is 1.42 bits per heavy atom. The van der Waals surface area contributed by atoms with Gasteiger partial charge in [-0.05, 0) is 32.6 Å². The van der Waals surface area contributed by atoms with Crippen LogP contribution in [0.1, 0.15) is 46.5 Å². The molecule has 5 nitrogen and oxygen atoms in total. The summed E-state index contributed by atoms with van der Waals surface area (Å²) < 4.78 is 0. The van der Waals surface area contributed by atoms with Gasteiger partial charge in [-0.15, -0.1) is 0 Å². The van der Waals surface area contributed by atoms with Crippen LogP contribution in [0, 0.1) is 5.92 Å². The summed E-state index contributed by atoms with van der Waals surface area (Å²) in [4.78, 5) is 26.7. The zero-order chi connectivity index (χ0) is 14.4. The highest BCUT2D eigenvalue weighted by atomic mass is 16.4.